The molecule has 0 saturated carbocycles. The average molecular weight is 247 g/mol. The van der Waals surface area contributed by atoms with Crippen molar-refractivity contribution >= 4 is 5.69 Å². The maximum Gasteiger partial charge on any atom is 0.0991 e. The average Bonchev–Trinajstić information content (AvgIpc) is 2.90. The van der Waals surface area contributed by atoms with Crippen LogP contribution in [0.3, 0.4) is 0 Å². The van der Waals surface area contributed by atoms with Crippen LogP contribution in [0.25, 0.3) is 5.69 Å². The quantitative estimate of drug-likeness (QED) is 0.735. The Morgan fingerprint density at radius 1 is 1.44 bits per heavy atom. The molecule has 1 aromatic heterocycles. The van der Waals surface area contributed by atoms with Crippen LogP contribution in [-0.4, -0.2) is 39.0 Å². The molecule has 5 heteroatoms. The van der Waals surface area contributed by atoms with E-state index in [4.69, 9.17) is 5.11 Å². The molecule has 18 heavy (non-hydrogen) atoms. The third-order valence-corrected chi connectivity index (χ3v) is 2.75. The van der Waals surface area contributed by atoms with Gasteiger partial charge in [-0.15, -0.1) is 0 Å². The van der Waals surface area contributed by atoms with Crippen molar-refractivity contribution in [1.82, 2.24) is 9.55 Å². The summed E-state index contributed by atoms with van der Waals surface area (Å²) in [6.07, 6.45) is 4.63. The smallest absolute Gasteiger partial charge is 0.0991 e. The van der Waals surface area contributed by atoms with Crippen LogP contribution in [0.5, 0.6) is 0 Å². The summed E-state index contributed by atoms with van der Waals surface area (Å²) >= 11 is 0. The number of hydrogen-bond acceptors (Lipinski definition) is 4. The van der Waals surface area contributed by atoms with Gasteiger partial charge in [0.1, 0.15) is 0 Å². The van der Waals surface area contributed by atoms with Crippen LogP contribution in [-0.2, 0) is 0 Å². The Hall–Kier alpha value is -1.85. The SMILES string of the molecule is Cc1cc(-n2ccnc2)ccc1NCC(O)CO. The molecule has 5 nitrogen and oxygen atoms in total. The van der Waals surface area contributed by atoms with Crippen molar-refractivity contribution in [1.29, 1.82) is 0 Å². The number of anilines is 1. The van der Waals surface area contributed by atoms with Crippen molar-refractivity contribution in [2.45, 2.75) is 13.0 Å². The molecule has 96 valence electrons. The standard InChI is InChI=1S/C13H17N3O2/c1-10-6-11(16-5-4-14-9-16)2-3-13(10)15-7-12(18)8-17/h2-6,9,12,15,17-18H,7-8H2,1H3. The molecule has 3 N–H and O–H groups in total. The van der Waals surface area contributed by atoms with Gasteiger partial charge in [0.15, 0.2) is 0 Å². The lowest BCUT2D eigenvalue weighted by molar-refractivity contribution is 0.105. The molecule has 0 radical (unpaired) electrons. The maximum atomic E-state index is 9.29. The second kappa shape index (κ2) is 5.66. The van der Waals surface area contributed by atoms with Crippen molar-refractivity contribution in [2.75, 3.05) is 18.5 Å². The number of aromatic nitrogens is 2. The largest absolute Gasteiger partial charge is 0.394 e. The van der Waals surface area contributed by atoms with Crippen LogP contribution in [0, 0.1) is 6.92 Å². The number of hydrogen-bond donors (Lipinski definition) is 3. The first kappa shape index (κ1) is 12.6. The van der Waals surface area contributed by atoms with Crippen molar-refractivity contribution < 1.29 is 10.2 Å². The van der Waals surface area contributed by atoms with Gasteiger partial charge in [-0.3, -0.25) is 0 Å². The molecule has 0 amide bonds. The van der Waals surface area contributed by atoms with Crippen LogP contribution in [0.4, 0.5) is 5.69 Å². The third kappa shape index (κ3) is 2.88. The topological polar surface area (TPSA) is 70.3 Å². The van der Waals surface area contributed by atoms with Crippen LogP contribution in [0.15, 0.2) is 36.9 Å². The van der Waals surface area contributed by atoms with Gasteiger partial charge in [0.2, 0.25) is 0 Å². The Labute approximate surface area is 106 Å². The first-order valence-corrected chi connectivity index (χ1v) is 5.82. The maximum absolute atomic E-state index is 9.29. The van der Waals surface area contributed by atoms with Crippen molar-refractivity contribution in [3.8, 4) is 5.69 Å². The molecule has 0 spiro atoms. The van der Waals surface area contributed by atoms with Gasteiger partial charge in [-0.2, -0.15) is 0 Å². The lowest BCUT2D eigenvalue weighted by atomic mass is 10.1. The monoisotopic (exact) mass is 247 g/mol. The minimum absolute atomic E-state index is 0.237. The van der Waals surface area contributed by atoms with Crippen molar-refractivity contribution in [2.24, 2.45) is 0 Å². The summed E-state index contributed by atoms with van der Waals surface area (Å²) in [7, 11) is 0. The van der Waals surface area contributed by atoms with Gasteiger partial charge >= 0.3 is 0 Å². The summed E-state index contributed by atoms with van der Waals surface area (Å²) in [6.45, 7) is 2.09. The molecule has 0 saturated heterocycles. The normalized spacial score (nSPS) is 12.4. The van der Waals surface area contributed by atoms with Crippen LogP contribution in [0.1, 0.15) is 5.56 Å². The van der Waals surface area contributed by atoms with E-state index in [0.29, 0.717) is 6.54 Å². The summed E-state index contributed by atoms with van der Waals surface area (Å²) in [5.41, 5.74) is 3.07. The van der Waals surface area contributed by atoms with Gasteiger partial charge in [0.25, 0.3) is 0 Å². The van der Waals surface area contributed by atoms with Gasteiger partial charge in [0.05, 0.1) is 19.0 Å². The molecule has 0 aliphatic carbocycles. The highest BCUT2D eigenvalue weighted by Gasteiger charge is 2.04. The lowest BCUT2D eigenvalue weighted by Gasteiger charge is -2.13. The number of imidazole rings is 1. The van der Waals surface area contributed by atoms with Gasteiger partial charge in [0, 0.05) is 30.3 Å². The number of aliphatic hydroxyl groups is 2. The fourth-order valence-corrected chi connectivity index (χ4v) is 1.71. The zero-order valence-corrected chi connectivity index (χ0v) is 10.2. The molecule has 0 aliphatic rings. The highest BCUT2D eigenvalue weighted by atomic mass is 16.3. The van der Waals surface area contributed by atoms with E-state index in [9.17, 15) is 5.11 Å². The molecular weight excluding hydrogens is 230 g/mol. The zero-order valence-electron chi connectivity index (χ0n) is 10.2. The van der Waals surface area contributed by atoms with Gasteiger partial charge in [-0.1, -0.05) is 0 Å². The van der Waals surface area contributed by atoms with Crippen LogP contribution in [0.2, 0.25) is 0 Å². The molecule has 1 aromatic carbocycles. The number of aliphatic hydroxyl groups excluding tert-OH is 2. The predicted octanol–water partition coefficient (Wildman–Crippen LogP) is 0.946. The van der Waals surface area contributed by atoms with Crippen LogP contribution >= 0.6 is 0 Å². The summed E-state index contributed by atoms with van der Waals surface area (Å²) in [4.78, 5) is 4.01. The Kier molecular flexibility index (Phi) is 3.96. The van der Waals surface area contributed by atoms with Crippen molar-refractivity contribution in [3.05, 3.63) is 42.5 Å². The van der Waals surface area contributed by atoms with E-state index in [1.54, 1.807) is 12.5 Å². The number of nitrogens with one attached hydrogen (secondary N) is 1. The van der Waals surface area contributed by atoms with E-state index in [1.807, 2.05) is 35.9 Å². The second-order valence-corrected chi connectivity index (χ2v) is 4.19. The minimum Gasteiger partial charge on any atom is -0.394 e. The number of aryl methyl sites for hydroxylation is 1. The van der Waals surface area contributed by atoms with Crippen molar-refractivity contribution in [3.63, 3.8) is 0 Å². The Morgan fingerprint density at radius 3 is 2.89 bits per heavy atom. The van der Waals surface area contributed by atoms with Gasteiger partial charge < -0.3 is 20.1 Å². The Bertz CT molecular complexity index is 497. The molecule has 2 rings (SSSR count). The molecular formula is C13H17N3O2. The van der Waals surface area contributed by atoms with E-state index in [-0.39, 0.29) is 6.61 Å². The summed E-state index contributed by atoms with van der Waals surface area (Å²) in [5.74, 6) is 0. The molecule has 1 atom stereocenters. The highest BCUT2D eigenvalue weighted by molar-refractivity contribution is 5.55. The minimum atomic E-state index is -0.738. The van der Waals surface area contributed by atoms with E-state index < -0.39 is 6.10 Å². The van der Waals surface area contributed by atoms with Gasteiger partial charge in [-0.05, 0) is 30.7 Å². The summed E-state index contributed by atoms with van der Waals surface area (Å²) in [6, 6.07) is 5.96. The molecule has 1 heterocycles. The molecule has 2 aromatic rings. The lowest BCUT2D eigenvalue weighted by Crippen LogP contribution is -2.23. The van der Waals surface area contributed by atoms with Crippen LogP contribution < -0.4 is 5.32 Å². The second-order valence-electron chi connectivity index (χ2n) is 4.19. The van der Waals surface area contributed by atoms with E-state index >= 15 is 0 Å². The van der Waals surface area contributed by atoms with E-state index in [0.717, 1.165) is 16.9 Å². The number of benzene rings is 1. The summed E-state index contributed by atoms with van der Waals surface area (Å²) < 4.78 is 1.93. The van der Waals surface area contributed by atoms with E-state index in [2.05, 4.69) is 10.3 Å². The third-order valence-electron chi connectivity index (χ3n) is 2.75. The first-order valence-electron chi connectivity index (χ1n) is 5.82. The first-order chi connectivity index (χ1) is 8.70. The molecule has 1 unspecified atom stereocenters. The molecule has 0 fully saturated rings. The Balaban J connectivity index is 2.10. The van der Waals surface area contributed by atoms with E-state index in [1.165, 1.54) is 0 Å². The summed E-state index contributed by atoms with van der Waals surface area (Å²) in [5, 5.41) is 21.1. The predicted molar refractivity (Wildman–Crippen MR) is 69.9 cm³/mol. The molecule has 0 bridgehead atoms. The van der Waals surface area contributed by atoms with Gasteiger partial charge in [-0.25, -0.2) is 4.98 Å². The Morgan fingerprint density at radius 2 is 2.28 bits per heavy atom. The number of rotatable bonds is 5. The fourth-order valence-electron chi connectivity index (χ4n) is 1.71. The fraction of sp³-hybridized carbons (Fsp3) is 0.308. The molecule has 0 aliphatic heterocycles. The highest BCUT2D eigenvalue weighted by Crippen LogP contribution is 2.18. The number of nitrogens with zero attached hydrogens (tertiary/aromatic N) is 2. The zero-order chi connectivity index (χ0) is 13.0.